The summed E-state index contributed by atoms with van der Waals surface area (Å²) in [6.45, 7) is 3.26. The first-order valence-corrected chi connectivity index (χ1v) is 6.30. The molecule has 0 unspecified atom stereocenters. The minimum absolute atomic E-state index is 0.185. The number of rotatable bonds is 6. The van der Waals surface area contributed by atoms with Crippen molar-refractivity contribution in [3.05, 3.63) is 18.2 Å². The molecule has 0 aliphatic carbocycles. The largest absolute Gasteiger partial charge is 0.497 e. The summed E-state index contributed by atoms with van der Waals surface area (Å²) in [4.78, 5) is 22.7. The molecule has 0 aromatic heterocycles. The molecule has 0 bridgehead atoms. The summed E-state index contributed by atoms with van der Waals surface area (Å²) in [6, 6.07) is 4.46. The van der Waals surface area contributed by atoms with E-state index in [-0.39, 0.29) is 6.42 Å². The minimum Gasteiger partial charge on any atom is -0.497 e. The monoisotopic (exact) mass is 296 g/mol. The molecule has 116 valence electrons. The van der Waals surface area contributed by atoms with Gasteiger partial charge >= 0.3 is 12.0 Å². The van der Waals surface area contributed by atoms with E-state index in [9.17, 15) is 9.59 Å². The number of carbonyl (C=O) groups is 2. The van der Waals surface area contributed by atoms with Crippen LogP contribution in [0, 0.1) is 0 Å². The average Bonchev–Trinajstić information content (AvgIpc) is 2.35. The molecule has 0 saturated carbocycles. The smallest absolute Gasteiger partial charge is 0.319 e. The number of anilines is 1. The molecule has 0 heterocycles. The van der Waals surface area contributed by atoms with E-state index in [4.69, 9.17) is 14.6 Å². The topological polar surface area (TPSA) is 96.9 Å². The molecule has 0 saturated heterocycles. The van der Waals surface area contributed by atoms with Crippen LogP contribution in [0.3, 0.4) is 0 Å². The molecule has 0 radical (unpaired) electrons. The number of benzene rings is 1. The summed E-state index contributed by atoms with van der Waals surface area (Å²) in [5, 5.41) is 14.0. The maximum Gasteiger partial charge on any atom is 0.319 e. The molecular weight excluding hydrogens is 276 g/mol. The maximum atomic E-state index is 12.0. The van der Waals surface area contributed by atoms with Crippen LogP contribution >= 0.6 is 0 Å². The third-order valence-corrected chi connectivity index (χ3v) is 2.70. The Bertz CT molecular complexity index is 528. The number of ether oxygens (including phenoxy) is 2. The lowest BCUT2D eigenvalue weighted by atomic mass is 10.0. The zero-order chi connectivity index (χ0) is 16.0. The van der Waals surface area contributed by atoms with Gasteiger partial charge in [0.1, 0.15) is 11.5 Å². The standard InChI is InChI=1S/C14H20N2O5/c1-14(2,8-12(17)18)16-13(19)15-10-7-9(20-3)5-6-11(10)21-4/h5-7H,8H2,1-4H3,(H,17,18)(H2,15,16,19). The number of urea groups is 1. The first kappa shape index (κ1) is 16.6. The first-order valence-electron chi connectivity index (χ1n) is 6.30. The molecule has 3 N–H and O–H groups in total. The zero-order valence-electron chi connectivity index (χ0n) is 12.5. The summed E-state index contributed by atoms with van der Waals surface area (Å²) in [6.07, 6.45) is -0.185. The number of aliphatic carboxylic acids is 1. The van der Waals surface area contributed by atoms with Crippen molar-refractivity contribution >= 4 is 17.7 Å². The van der Waals surface area contributed by atoms with Crippen molar-refractivity contribution in [3.63, 3.8) is 0 Å². The number of carboxylic acid groups (broad SMARTS) is 1. The molecule has 0 aliphatic rings. The Kier molecular flexibility index (Phi) is 5.40. The lowest BCUT2D eigenvalue weighted by Crippen LogP contribution is -2.46. The van der Waals surface area contributed by atoms with Crippen LogP contribution in [-0.4, -0.2) is 36.9 Å². The highest BCUT2D eigenvalue weighted by Gasteiger charge is 2.24. The lowest BCUT2D eigenvalue weighted by molar-refractivity contribution is -0.138. The van der Waals surface area contributed by atoms with Crippen molar-refractivity contribution in [2.45, 2.75) is 25.8 Å². The summed E-state index contributed by atoms with van der Waals surface area (Å²) in [7, 11) is 3.00. The second-order valence-electron chi connectivity index (χ2n) is 5.10. The fourth-order valence-electron chi connectivity index (χ4n) is 1.79. The van der Waals surface area contributed by atoms with Crippen molar-refractivity contribution in [2.24, 2.45) is 0 Å². The Labute approximate surface area is 123 Å². The van der Waals surface area contributed by atoms with E-state index >= 15 is 0 Å². The van der Waals surface area contributed by atoms with Crippen molar-refractivity contribution < 1.29 is 24.2 Å². The first-order chi connectivity index (χ1) is 9.77. The highest BCUT2D eigenvalue weighted by Crippen LogP contribution is 2.28. The van der Waals surface area contributed by atoms with E-state index in [0.717, 1.165) is 0 Å². The lowest BCUT2D eigenvalue weighted by Gasteiger charge is -2.24. The van der Waals surface area contributed by atoms with Gasteiger partial charge in [-0.15, -0.1) is 0 Å². The van der Waals surface area contributed by atoms with Crippen molar-refractivity contribution in [3.8, 4) is 11.5 Å². The molecule has 1 rings (SSSR count). The predicted octanol–water partition coefficient (Wildman–Crippen LogP) is 2.08. The highest BCUT2D eigenvalue weighted by molar-refractivity contribution is 5.92. The molecule has 1 aromatic rings. The molecule has 0 fully saturated rings. The van der Waals surface area contributed by atoms with Crippen LogP contribution in [0.25, 0.3) is 0 Å². The van der Waals surface area contributed by atoms with Gasteiger partial charge in [-0.25, -0.2) is 4.79 Å². The van der Waals surface area contributed by atoms with Gasteiger partial charge in [-0.3, -0.25) is 4.79 Å². The Morgan fingerprint density at radius 1 is 1.24 bits per heavy atom. The van der Waals surface area contributed by atoms with E-state index in [1.165, 1.54) is 14.2 Å². The van der Waals surface area contributed by atoms with Gasteiger partial charge in [0.05, 0.1) is 26.3 Å². The quantitative estimate of drug-likeness (QED) is 0.746. The fraction of sp³-hybridized carbons (Fsp3) is 0.429. The summed E-state index contributed by atoms with van der Waals surface area (Å²) >= 11 is 0. The van der Waals surface area contributed by atoms with Crippen LogP contribution < -0.4 is 20.1 Å². The number of hydrogen-bond acceptors (Lipinski definition) is 4. The molecule has 0 atom stereocenters. The number of carboxylic acids is 1. The Balaban J connectivity index is 2.80. The summed E-state index contributed by atoms with van der Waals surface area (Å²) < 4.78 is 10.2. The van der Waals surface area contributed by atoms with Gasteiger partial charge in [-0.2, -0.15) is 0 Å². The Hall–Kier alpha value is -2.44. The van der Waals surface area contributed by atoms with Crippen LogP contribution in [0.4, 0.5) is 10.5 Å². The van der Waals surface area contributed by atoms with Crippen LogP contribution in [0.15, 0.2) is 18.2 Å². The van der Waals surface area contributed by atoms with Gasteiger partial charge < -0.3 is 25.2 Å². The maximum absolute atomic E-state index is 12.0. The van der Waals surface area contributed by atoms with Crippen molar-refractivity contribution in [1.29, 1.82) is 0 Å². The van der Waals surface area contributed by atoms with Gasteiger partial charge in [0.2, 0.25) is 0 Å². The van der Waals surface area contributed by atoms with Crippen molar-refractivity contribution in [2.75, 3.05) is 19.5 Å². The molecule has 0 spiro atoms. The van der Waals surface area contributed by atoms with E-state index < -0.39 is 17.5 Å². The van der Waals surface area contributed by atoms with E-state index in [0.29, 0.717) is 17.2 Å². The normalized spacial score (nSPS) is 10.7. The Morgan fingerprint density at radius 3 is 2.43 bits per heavy atom. The number of carbonyl (C=O) groups excluding carboxylic acids is 1. The highest BCUT2D eigenvalue weighted by atomic mass is 16.5. The third-order valence-electron chi connectivity index (χ3n) is 2.70. The Morgan fingerprint density at radius 2 is 1.90 bits per heavy atom. The molecule has 21 heavy (non-hydrogen) atoms. The van der Waals surface area contributed by atoms with Crippen LogP contribution in [0.1, 0.15) is 20.3 Å². The molecular formula is C14H20N2O5. The second-order valence-corrected chi connectivity index (χ2v) is 5.10. The van der Waals surface area contributed by atoms with E-state index in [1.807, 2.05) is 0 Å². The second kappa shape index (κ2) is 6.83. The molecule has 0 aliphatic heterocycles. The zero-order valence-corrected chi connectivity index (χ0v) is 12.5. The summed E-state index contributed by atoms with van der Waals surface area (Å²) in [5.74, 6) is 0.0529. The molecule has 2 amide bonds. The average molecular weight is 296 g/mol. The van der Waals surface area contributed by atoms with Gasteiger partial charge in [0.15, 0.2) is 0 Å². The predicted molar refractivity (Wildman–Crippen MR) is 78.0 cm³/mol. The summed E-state index contributed by atoms with van der Waals surface area (Å²) in [5.41, 5.74) is -0.442. The number of amides is 2. The van der Waals surface area contributed by atoms with Gasteiger partial charge in [0.25, 0.3) is 0 Å². The number of hydrogen-bond donors (Lipinski definition) is 3. The van der Waals surface area contributed by atoms with Crippen LogP contribution in [0.5, 0.6) is 11.5 Å². The van der Waals surface area contributed by atoms with Crippen LogP contribution in [-0.2, 0) is 4.79 Å². The minimum atomic E-state index is -0.987. The molecule has 1 aromatic carbocycles. The third kappa shape index (κ3) is 5.21. The van der Waals surface area contributed by atoms with Gasteiger partial charge in [-0.1, -0.05) is 0 Å². The van der Waals surface area contributed by atoms with Crippen molar-refractivity contribution in [1.82, 2.24) is 5.32 Å². The SMILES string of the molecule is COc1ccc(OC)c(NC(=O)NC(C)(C)CC(=O)O)c1. The van der Waals surface area contributed by atoms with E-state index in [2.05, 4.69) is 10.6 Å². The van der Waals surface area contributed by atoms with Gasteiger partial charge in [-0.05, 0) is 26.0 Å². The number of methoxy groups -OCH3 is 2. The molecule has 7 heteroatoms. The fourth-order valence-corrected chi connectivity index (χ4v) is 1.79. The van der Waals surface area contributed by atoms with Crippen LogP contribution in [0.2, 0.25) is 0 Å². The van der Waals surface area contributed by atoms with E-state index in [1.54, 1.807) is 32.0 Å². The number of nitrogens with one attached hydrogen (secondary N) is 2. The molecule has 7 nitrogen and oxygen atoms in total. The van der Waals surface area contributed by atoms with Gasteiger partial charge in [0, 0.05) is 11.6 Å².